The van der Waals surface area contributed by atoms with Crippen molar-refractivity contribution in [1.82, 2.24) is 0 Å². The lowest BCUT2D eigenvalue weighted by atomic mass is 10.1. The summed E-state index contributed by atoms with van der Waals surface area (Å²) in [6.07, 6.45) is -1.61. The van der Waals surface area contributed by atoms with Crippen molar-refractivity contribution < 1.29 is 13.2 Å². The third-order valence-electron chi connectivity index (χ3n) is 1.91. The SMILES string of the molecule is CC1CC=C(C(C)C(F)(F)F)S1. The van der Waals surface area contributed by atoms with E-state index in [1.54, 1.807) is 6.08 Å². The molecule has 12 heavy (non-hydrogen) atoms. The number of rotatable bonds is 1. The van der Waals surface area contributed by atoms with Gasteiger partial charge in [0.05, 0.1) is 5.92 Å². The standard InChI is InChI=1S/C8H11F3S/c1-5-3-4-7(12-5)6(2)8(9,10)11/h4-6H,3H2,1-2H3. The first-order chi connectivity index (χ1) is 5.41. The van der Waals surface area contributed by atoms with Crippen molar-refractivity contribution in [3.8, 4) is 0 Å². The molecular weight excluding hydrogens is 185 g/mol. The van der Waals surface area contributed by atoms with Crippen LogP contribution in [0.2, 0.25) is 0 Å². The summed E-state index contributed by atoms with van der Waals surface area (Å²) in [7, 11) is 0. The van der Waals surface area contributed by atoms with E-state index in [1.807, 2.05) is 6.92 Å². The maximum Gasteiger partial charge on any atom is 0.395 e. The molecule has 0 fully saturated rings. The van der Waals surface area contributed by atoms with Gasteiger partial charge in [0.2, 0.25) is 0 Å². The molecule has 0 saturated carbocycles. The monoisotopic (exact) mass is 196 g/mol. The van der Waals surface area contributed by atoms with Gasteiger partial charge in [-0.1, -0.05) is 13.0 Å². The van der Waals surface area contributed by atoms with Crippen LogP contribution in [0.1, 0.15) is 20.3 Å². The van der Waals surface area contributed by atoms with Gasteiger partial charge in [0.25, 0.3) is 0 Å². The molecule has 0 aliphatic carbocycles. The summed E-state index contributed by atoms with van der Waals surface area (Å²) in [5.74, 6) is -1.28. The first-order valence-corrected chi connectivity index (χ1v) is 4.72. The van der Waals surface area contributed by atoms with Gasteiger partial charge in [-0.25, -0.2) is 0 Å². The van der Waals surface area contributed by atoms with Crippen LogP contribution in [0.3, 0.4) is 0 Å². The molecule has 0 aromatic carbocycles. The summed E-state index contributed by atoms with van der Waals surface area (Å²) in [6.45, 7) is 3.16. The summed E-state index contributed by atoms with van der Waals surface area (Å²) in [5.41, 5.74) is 0. The predicted molar refractivity (Wildman–Crippen MR) is 45.0 cm³/mol. The van der Waals surface area contributed by atoms with Crippen LogP contribution in [0.4, 0.5) is 13.2 Å². The van der Waals surface area contributed by atoms with E-state index < -0.39 is 12.1 Å². The number of hydrogen-bond acceptors (Lipinski definition) is 1. The molecule has 4 heteroatoms. The maximum absolute atomic E-state index is 12.2. The molecule has 2 unspecified atom stereocenters. The average Bonchev–Trinajstić information content (AvgIpc) is 2.32. The van der Waals surface area contributed by atoms with Gasteiger partial charge in [-0.15, -0.1) is 11.8 Å². The summed E-state index contributed by atoms with van der Waals surface area (Å²) < 4.78 is 36.5. The molecular formula is C8H11F3S. The first-order valence-electron chi connectivity index (χ1n) is 3.84. The highest BCUT2D eigenvalue weighted by atomic mass is 32.2. The molecule has 70 valence electrons. The van der Waals surface area contributed by atoms with Crippen LogP contribution >= 0.6 is 11.8 Å². The Morgan fingerprint density at radius 2 is 2.17 bits per heavy atom. The quantitative estimate of drug-likeness (QED) is 0.617. The van der Waals surface area contributed by atoms with E-state index in [0.717, 1.165) is 6.42 Å². The maximum atomic E-state index is 12.2. The van der Waals surface area contributed by atoms with Crippen LogP contribution in [-0.2, 0) is 0 Å². The molecule has 0 bridgehead atoms. The van der Waals surface area contributed by atoms with Gasteiger partial charge in [-0.2, -0.15) is 13.2 Å². The number of thioether (sulfide) groups is 1. The van der Waals surface area contributed by atoms with E-state index in [4.69, 9.17) is 0 Å². The third kappa shape index (κ3) is 2.19. The average molecular weight is 196 g/mol. The lowest BCUT2D eigenvalue weighted by Gasteiger charge is -2.16. The van der Waals surface area contributed by atoms with E-state index in [9.17, 15) is 13.2 Å². The molecule has 0 aromatic heterocycles. The first kappa shape index (κ1) is 9.96. The van der Waals surface area contributed by atoms with E-state index in [-0.39, 0.29) is 0 Å². The van der Waals surface area contributed by atoms with Crippen molar-refractivity contribution in [3.63, 3.8) is 0 Å². The van der Waals surface area contributed by atoms with Crippen molar-refractivity contribution in [2.75, 3.05) is 0 Å². The zero-order chi connectivity index (χ0) is 9.35. The fourth-order valence-electron chi connectivity index (χ4n) is 1.05. The Kier molecular flexibility index (Phi) is 2.76. The number of alkyl halides is 3. The minimum Gasteiger partial charge on any atom is -0.170 e. The highest BCUT2D eigenvalue weighted by molar-refractivity contribution is 8.03. The molecule has 0 aromatic rings. The molecule has 1 rings (SSSR count). The van der Waals surface area contributed by atoms with E-state index in [1.165, 1.54) is 18.7 Å². The zero-order valence-corrected chi connectivity index (χ0v) is 7.80. The molecule has 1 aliphatic heterocycles. The third-order valence-corrected chi connectivity index (χ3v) is 3.29. The van der Waals surface area contributed by atoms with Crippen molar-refractivity contribution in [3.05, 3.63) is 11.0 Å². The molecule has 0 N–H and O–H groups in total. The molecule has 2 atom stereocenters. The summed E-state index contributed by atoms with van der Waals surface area (Å²) in [5, 5.41) is 0.310. The molecule has 0 spiro atoms. The van der Waals surface area contributed by atoms with Gasteiger partial charge in [0, 0.05) is 5.25 Å². The minimum atomic E-state index is -4.08. The van der Waals surface area contributed by atoms with Crippen molar-refractivity contribution in [2.24, 2.45) is 5.92 Å². The molecule has 1 heterocycles. The molecule has 0 nitrogen and oxygen atoms in total. The summed E-state index contributed by atoms with van der Waals surface area (Å²) in [4.78, 5) is 0.481. The Morgan fingerprint density at radius 1 is 1.58 bits per heavy atom. The topological polar surface area (TPSA) is 0 Å². The van der Waals surface area contributed by atoms with E-state index in [2.05, 4.69) is 0 Å². The van der Waals surface area contributed by atoms with Gasteiger partial charge in [-0.3, -0.25) is 0 Å². The van der Waals surface area contributed by atoms with Crippen LogP contribution in [0.15, 0.2) is 11.0 Å². The van der Waals surface area contributed by atoms with Crippen LogP contribution in [0.25, 0.3) is 0 Å². The van der Waals surface area contributed by atoms with E-state index in [0.29, 0.717) is 10.2 Å². The number of halogens is 3. The van der Waals surface area contributed by atoms with E-state index >= 15 is 0 Å². The molecule has 0 saturated heterocycles. The van der Waals surface area contributed by atoms with Gasteiger partial charge in [0.1, 0.15) is 0 Å². The largest absolute Gasteiger partial charge is 0.395 e. The lowest BCUT2D eigenvalue weighted by Crippen LogP contribution is -2.20. The highest BCUT2D eigenvalue weighted by Gasteiger charge is 2.39. The second-order valence-corrected chi connectivity index (χ2v) is 4.55. The normalized spacial score (nSPS) is 27.1. The zero-order valence-electron chi connectivity index (χ0n) is 6.98. The van der Waals surface area contributed by atoms with Crippen LogP contribution in [-0.4, -0.2) is 11.4 Å². The Bertz CT molecular complexity index is 195. The molecule has 0 radical (unpaired) electrons. The highest BCUT2D eigenvalue weighted by Crippen LogP contribution is 2.43. The number of allylic oxidation sites excluding steroid dienone is 2. The Labute approximate surface area is 74.2 Å². The smallest absolute Gasteiger partial charge is 0.170 e. The Morgan fingerprint density at radius 3 is 2.50 bits per heavy atom. The predicted octanol–water partition coefficient (Wildman–Crippen LogP) is 3.59. The molecule has 1 aliphatic rings. The lowest BCUT2D eigenvalue weighted by molar-refractivity contribution is -0.157. The van der Waals surface area contributed by atoms with Gasteiger partial charge in [0.15, 0.2) is 0 Å². The van der Waals surface area contributed by atoms with Crippen molar-refractivity contribution in [2.45, 2.75) is 31.7 Å². The second-order valence-electron chi connectivity index (χ2n) is 3.03. The fourth-order valence-corrected chi connectivity index (χ4v) is 2.24. The fraction of sp³-hybridized carbons (Fsp3) is 0.750. The summed E-state index contributed by atoms with van der Waals surface area (Å²) in [6, 6.07) is 0. The van der Waals surface area contributed by atoms with Crippen molar-refractivity contribution in [1.29, 1.82) is 0 Å². The molecule has 0 amide bonds. The Hall–Kier alpha value is -0.120. The van der Waals surface area contributed by atoms with Gasteiger partial charge in [-0.05, 0) is 18.2 Å². The van der Waals surface area contributed by atoms with Gasteiger partial charge < -0.3 is 0 Å². The van der Waals surface area contributed by atoms with Crippen LogP contribution < -0.4 is 0 Å². The van der Waals surface area contributed by atoms with Crippen molar-refractivity contribution >= 4 is 11.8 Å². The second kappa shape index (κ2) is 3.32. The Balaban J connectivity index is 2.60. The van der Waals surface area contributed by atoms with Gasteiger partial charge >= 0.3 is 6.18 Å². The number of hydrogen-bond donors (Lipinski definition) is 0. The van der Waals surface area contributed by atoms with Crippen LogP contribution in [0.5, 0.6) is 0 Å². The van der Waals surface area contributed by atoms with Crippen LogP contribution in [0, 0.1) is 5.92 Å². The summed E-state index contributed by atoms with van der Waals surface area (Å²) >= 11 is 1.34. The minimum absolute atomic E-state index is 0.310.